The van der Waals surface area contributed by atoms with Crippen LogP contribution in [0, 0.1) is 0 Å². The summed E-state index contributed by atoms with van der Waals surface area (Å²) < 4.78 is 0. The number of fused-ring (bicyclic) bond motifs is 7. The summed E-state index contributed by atoms with van der Waals surface area (Å²) in [6.07, 6.45) is 0. The van der Waals surface area contributed by atoms with E-state index in [2.05, 4.69) is 119 Å². The van der Waals surface area contributed by atoms with Gasteiger partial charge in [-0.2, -0.15) is 0 Å². The molecule has 1 aromatic heterocycles. The molecular weight excluding hydrogens is 534 g/mol. The molecule has 0 spiro atoms. The lowest BCUT2D eigenvalue weighted by Gasteiger charge is -2.49. The summed E-state index contributed by atoms with van der Waals surface area (Å²) in [7, 11) is 0. The Balaban J connectivity index is 1.40. The van der Waals surface area contributed by atoms with Crippen molar-refractivity contribution in [3.8, 4) is 45.3 Å². The number of nitrogens with zero attached hydrogens (tertiary/aromatic N) is 3. The van der Waals surface area contributed by atoms with Crippen molar-refractivity contribution in [3.05, 3.63) is 139 Å². The highest BCUT2D eigenvalue weighted by molar-refractivity contribution is 6.12. The lowest BCUT2D eigenvalue weighted by atomic mass is 9.54. The fraction of sp³-hybridized carbons (Fsp3) is 0.146. The van der Waals surface area contributed by atoms with Gasteiger partial charge in [0.2, 0.25) is 0 Å². The molecule has 0 aliphatic heterocycles. The van der Waals surface area contributed by atoms with E-state index in [0.717, 1.165) is 16.7 Å². The summed E-state index contributed by atoms with van der Waals surface area (Å²) in [6, 6.07) is 45.0. The Morgan fingerprint density at radius 2 is 0.977 bits per heavy atom. The van der Waals surface area contributed by atoms with E-state index < -0.39 is 0 Å². The van der Waals surface area contributed by atoms with Gasteiger partial charge in [0.05, 0.1) is 0 Å². The van der Waals surface area contributed by atoms with Gasteiger partial charge in [-0.15, -0.1) is 0 Å². The maximum atomic E-state index is 5.04. The van der Waals surface area contributed by atoms with Gasteiger partial charge in [0, 0.05) is 22.1 Å². The van der Waals surface area contributed by atoms with Crippen molar-refractivity contribution < 1.29 is 0 Å². The first-order chi connectivity index (χ1) is 21.3. The van der Waals surface area contributed by atoms with Crippen molar-refractivity contribution in [2.24, 2.45) is 0 Å². The van der Waals surface area contributed by atoms with Crippen LogP contribution >= 0.6 is 0 Å². The molecular formula is C41H33N3. The minimum Gasteiger partial charge on any atom is -0.208 e. The molecule has 3 nitrogen and oxygen atoms in total. The van der Waals surface area contributed by atoms with E-state index in [0.29, 0.717) is 17.5 Å². The molecule has 0 N–H and O–H groups in total. The maximum absolute atomic E-state index is 5.04. The lowest BCUT2D eigenvalue weighted by molar-refractivity contribution is 0.301. The molecule has 0 fully saturated rings. The van der Waals surface area contributed by atoms with E-state index in [4.69, 9.17) is 15.0 Å². The van der Waals surface area contributed by atoms with Gasteiger partial charge in [-0.3, -0.25) is 0 Å². The van der Waals surface area contributed by atoms with Crippen molar-refractivity contribution in [2.75, 3.05) is 0 Å². The minimum absolute atomic E-state index is 0.116. The molecule has 1 aliphatic rings. The van der Waals surface area contributed by atoms with Crippen LogP contribution in [0.1, 0.15) is 38.8 Å². The highest BCUT2D eigenvalue weighted by atomic mass is 15.0. The average Bonchev–Trinajstić information content (AvgIpc) is 3.07. The van der Waals surface area contributed by atoms with Crippen LogP contribution in [-0.2, 0) is 10.8 Å². The van der Waals surface area contributed by atoms with E-state index >= 15 is 0 Å². The summed E-state index contributed by atoms with van der Waals surface area (Å²) in [5, 5.41) is 5.22. The van der Waals surface area contributed by atoms with Gasteiger partial charge < -0.3 is 0 Å². The van der Waals surface area contributed by atoms with Crippen LogP contribution < -0.4 is 0 Å². The molecule has 1 heterocycles. The Kier molecular flexibility index (Phi) is 5.83. The SMILES string of the molecule is CC1(C)c2ccc(-c3nc(-c4ccccc4)nc(-c4ccccc4)n3)cc2-c2ccc3ccc4ccccc4c3c2C1(C)C. The molecule has 0 atom stereocenters. The summed E-state index contributed by atoms with van der Waals surface area (Å²) in [6.45, 7) is 9.60. The smallest absolute Gasteiger partial charge is 0.164 e. The second-order valence-corrected chi connectivity index (χ2v) is 12.9. The van der Waals surface area contributed by atoms with E-state index in [1.165, 1.54) is 43.8 Å². The molecule has 0 saturated heterocycles. The zero-order valence-corrected chi connectivity index (χ0v) is 25.5. The molecule has 0 bridgehead atoms. The highest BCUT2D eigenvalue weighted by Crippen LogP contribution is 2.56. The molecule has 0 radical (unpaired) electrons. The second kappa shape index (κ2) is 9.68. The summed E-state index contributed by atoms with van der Waals surface area (Å²) in [4.78, 5) is 15.0. The molecule has 3 heteroatoms. The summed E-state index contributed by atoms with van der Waals surface area (Å²) >= 11 is 0. The van der Waals surface area contributed by atoms with Gasteiger partial charge in [-0.1, -0.05) is 149 Å². The van der Waals surface area contributed by atoms with Gasteiger partial charge in [0.25, 0.3) is 0 Å². The predicted octanol–water partition coefficient (Wildman–Crippen LogP) is 10.4. The molecule has 0 amide bonds. The summed E-state index contributed by atoms with van der Waals surface area (Å²) in [5.74, 6) is 2.02. The van der Waals surface area contributed by atoms with E-state index in [9.17, 15) is 0 Å². The predicted molar refractivity (Wildman–Crippen MR) is 183 cm³/mol. The van der Waals surface area contributed by atoms with E-state index in [-0.39, 0.29) is 10.8 Å². The van der Waals surface area contributed by atoms with Crippen LogP contribution in [0.15, 0.2) is 127 Å². The lowest BCUT2D eigenvalue weighted by Crippen LogP contribution is -2.43. The molecule has 1 aliphatic carbocycles. The van der Waals surface area contributed by atoms with Crippen LogP contribution in [0.5, 0.6) is 0 Å². The highest BCUT2D eigenvalue weighted by Gasteiger charge is 2.47. The third-order valence-corrected chi connectivity index (χ3v) is 10.0. The molecule has 7 aromatic rings. The first kappa shape index (κ1) is 26.5. The molecule has 6 aromatic carbocycles. The zero-order chi connectivity index (χ0) is 30.1. The van der Waals surface area contributed by atoms with Gasteiger partial charge in [-0.05, 0) is 55.3 Å². The van der Waals surface area contributed by atoms with Crippen molar-refractivity contribution in [2.45, 2.75) is 38.5 Å². The van der Waals surface area contributed by atoms with Crippen LogP contribution in [0.4, 0.5) is 0 Å². The van der Waals surface area contributed by atoms with Crippen LogP contribution in [0.2, 0.25) is 0 Å². The molecule has 0 unspecified atom stereocenters. The van der Waals surface area contributed by atoms with Gasteiger partial charge >= 0.3 is 0 Å². The normalized spacial score (nSPS) is 14.7. The monoisotopic (exact) mass is 567 g/mol. The first-order valence-corrected chi connectivity index (χ1v) is 15.3. The van der Waals surface area contributed by atoms with Crippen LogP contribution in [0.25, 0.3) is 66.8 Å². The van der Waals surface area contributed by atoms with Crippen molar-refractivity contribution in [1.29, 1.82) is 0 Å². The van der Waals surface area contributed by atoms with Crippen LogP contribution in [-0.4, -0.2) is 15.0 Å². The van der Waals surface area contributed by atoms with Gasteiger partial charge in [0.1, 0.15) is 0 Å². The fourth-order valence-electron chi connectivity index (χ4n) is 7.01. The average molecular weight is 568 g/mol. The van der Waals surface area contributed by atoms with Crippen LogP contribution in [0.3, 0.4) is 0 Å². The number of rotatable bonds is 3. The number of hydrogen-bond donors (Lipinski definition) is 0. The zero-order valence-electron chi connectivity index (χ0n) is 25.5. The minimum atomic E-state index is -0.122. The Bertz CT molecular complexity index is 2160. The molecule has 44 heavy (non-hydrogen) atoms. The Labute approximate surface area is 258 Å². The number of benzene rings is 6. The van der Waals surface area contributed by atoms with Gasteiger partial charge in [0.15, 0.2) is 17.5 Å². The first-order valence-electron chi connectivity index (χ1n) is 15.3. The summed E-state index contributed by atoms with van der Waals surface area (Å²) in [5.41, 5.74) is 7.98. The third kappa shape index (κ3) is 3.92. The number of hydrogen-bond acceptors (Lipinski definition) is 3. The van der Waals surface area contributed by atoms with E-state index in [1.54, 1.807) is 0 Å². The molecule has 8 rings (SSSR count). The Morgan fingerprint density at radius 3 is 1.64 bits per heavy atom. The second-order valence-electron chi connectivity index (χ2n) is 12.9. The molecule has 0 saturated carbocycles. The quantitative estimate of drug-likeness (QED) is 0.199. The largest absolute Gasteiger partial charge is 0.208 e. The van der Waals surface area contributed by atoms with Crippen molar-refractivity contribution in [3.63, 3.8) is 0 Å². The van der Waals surface area contributed by atoms with Crippen molar-refractivity contribution in [1.82, 2.24) is 15.0 Å². The number of aromatic nitrogens is 3. The maximum Gasteiger partial charge on any atom is 0.164 e. The topological polar surface area (TPSA) is 38.7 Å². The Hall–Kier alpha value is -5.15. The third-order valence-electron chi connectivity index (χ3n) is 10.0. The van der Waals surface area contributed by atoms with Gasteiger partial charge in [-0.25, -0.2) is 15.0 Å². The molecule has 212 valence electrons. The Morgan fingerprint density at radius 1 is 0.432 bits per heavy atom. The standard InChI is InChI=1S/C41H33N3/c1-40(2)34-24-22-30(39-43-37(28-14-7-5-8-15-28)42-38(44-39)29-16-9-6-10-17-29)25-33(34)32-23-21-27-20-19-26-13-11-12-18-31(26)35(27)36(32)41(40,3)4/h5-25H,1-4H3. The van der Waals surface area contributed by atoms with Crippen molar-refractivity contribution >= 4 is 21.5 Å². The fourth-order valence-corrected chi connectivity index (χ4v) is 7.01. The van der Waals surface area contributed by atoms with E-state index in [1.807, 2.05) is 36.4 Å².